The molecule has 1 fully saturated rings. The minimum absolute atomic E-state index is 0.113. The van der Waals surface area contributed by atoms with Crippen LogP contribution in [0.5, 0.6) is 0 Å². The summed E-state index contributed by atoms with van der Waals surface area (Å²) in [7, 11) is -0.705. The van der Waals surface area contributed by atoms with Gasteiger partial charge in [0.05, 0.1) is 4.92 Å². The van der Waals surface area contributed by atoms with Gasteiger partial charge in [0, 0.05) is 66.3 Å². The molecule has 0 spiro atoms. The average Bonchev–Trinajstić information content (AvgIpc) is 2.43. The second kappa shape index (κ2) is 6.81. The van der Waals surface area contributed by atoms with E-state index < -0.39 is 10.8 Å². The van der Waals surface area contributed by atoms with Gasteiger partial charge in [-0.1, -0.05) is 0 Å². The molecule has 7 heteroatoms. The zero-order valence-electron chi connectivity index (χ0n) is 11.5. The maximum Gasteiger partial charge on any atom is 0.269 e. The van der Waals surface area contributed by atoms with Crippen molar-refractivity contribution in [1.82, 2.24) is 4.90 Å². The highest BCUT2D eigenvalue weighted by Crippen LogP contribution is 2.24. The maximum atomic E-state index is 11.4. The summed E-state index contributed by atoms with van der Waals surface area (Å²) in [5.74, 6) is 1.37. The molecule has 2 rings (SSSR count). The summed E-state index contributed by atoms with van der Waals surface area (Å²) in [6, 6.07) is 4.91. The lowest BCUT2D eigenvalue weighted by molar-refractivity contribution is -0.384. The molecule has 0 radical (unpaired) electrons. The van der Waals surface area contributed by atoms with E-state index in [1.165, 1.54) is 6.07 Å². The number of anilines is 1. The minimum atomic E-state index is -0.705. The molecule has 110 valence electrons. The van der Waals surface area contributed by atoms with Gasteiger partial charge in [0.25, 0.3) is 5.69 Å². The molecule has 0 aromatic heterocycles. The highest BCUT2D eigenvalue weighted by atomic mass is 32.2. The van der Waals surface area contributed by atoms with E-state index >= 15 is 0 Å². The lowest BCUT2D eigenvalue weighted by Gasteiger charge is -2.27. The molecule has 1 saturated heterocycles. The molecule has 0 bridgehead atoms. The van der Waals surface area contributed by atoms with Crippen LogP contribution in [-0.4, -0.2) is 45.2 Å². The summed E-state index contributed by atoms with van der Waals surface area (Å²) < 4.78 is 11.4. The molecule has 0 unspecified atom stereocenters. The van der Waals surface area contributed by atoms with Crippen LogP contribution in [0, 0.1) is 10.1 Å². The number of nitrogens with one attached hydrogen (secondary N) is 1. The Kier molecular flexibility index (Phi) is 5.08. The molecule has 1 aliphatic heterocycles. The van der Waals surface area contributed by atoms with Gasteiger partial charge in [0.1, 0.15) is 0 Å². The largest absolute Gasteiger partial charge is 0.385 e. The molecule has 1 N–H and O–H groups in total. The molecule has 1 aliphatic rings. The fraction of sp³-hybridized carbons (Fsp3) is 0.538. The molecule has 0 amide bonds. The zero-order valence-corrected chi connectivity index (χ0v) is 12.3. The first-order chi connectivity index (χ1) is 9.60. The summed E-state index contributed by atoms with van der Waals surface area (Å²) in [5.41, 5.74) is 1.97. The molecular formula is C13H19N3O3S. The molecule has 6 nitrogen and oxygen atoms in total. The van der Waals surface area contributed by atoms with Crippen molar-refractivity contribution >= 4 is 22.2 Å². The van der Waals surface area contributed by atoms with Gasteiger partial charge in [0.15, 0.2) is 0 Å². The van der Waals surface area contributed by atoms with Gasteiger partial charge >= 0.3 is 0 Å². The summed E-state index contributed by atoms with van der Waals surface area (Å²) in [4.78, 5) is 12.7. The van der Waals surface area contributed by atoms with Crippen molar-refractivity contribution < 1.29 is 9.13 Å². The van der Waals surface area contributed by atoms with Gasteiger partial charge in [-0.25, -0.2) is 0 Å². The van der Waals surface area contributed by atoms with E-state index in [9.17, 15) is 14.3 Å². The van der Waals surface area contributed by atoms with E-state index in [0.29, 0.717) is 18.1 Å². The van der Waals surface area contributed by atoms with Gasteiger partial charge in [0.2, 0.25) is 0 Å². The Bertz CT molecular complexity index is 512. The molecule has 1 aromatic rings. The molecule has 0 saturated carbocycles. The predicted octanol–water partition coefficient (Wildman–Crippen LogP) is 1.59. The number of nitro benzene ring substituents is 1. The third-order valence-corrected chi connectivity index (χ3v) is 4.61. The Labute approximate surface area is 120 Å². The van der Waals surface area contributed by atoms with Gasteiger partial charge in [-0.15, -0.1) is 0 Å². The standard InChI is InChI=1S/C13H19N3O3S/c1-2-14-13-4-3-12(16(17)18)9-11(13)10-15-5-7-20(19)8-6-15/h3-4,9,14H,2,5-8,10H2,1H3. The fourth-order valence-electron chi connectivity index (χ4n) is 2.26. The zero-order chi connectivity index (χ0) is 14.5. The lowest BCUT2D eigenvalue weighted by atomic mass is 10.1. The van der Waals surface area contributed by atoms with Crippen molar-refractivity contribution in [2.75, 3.05) is 36.5 Å². The van der Waals surface area contributed by atoms with Crippen molar-refractivity contribution in [2.45, 2.75) is 13.5 Å². The minimum Gasteiger partial charge on any atom is -0.385 e. The summed E-state index contributed by atoms with van der Waals surface area (Å²) >= 11 is 0. The normalized spacial score (nSPS) is 17.1. The topological polar surface area (TPSA) is 75.5 Å². The van der Waals surface area contributed by atoms with E-state index in [1.54, 1.807) is 12.1 Å². The number of non-ortho nitro benzene ring substituents is 1. The predicted molar refractivity (Wildman–Crippen MR) is 80.4 cm³/mol. The second-order valence-corrected chi connectivity index (χ2v) is 6.45. The van der Waals surface area contributed by atoms with Crippen molar-refractivity contribution in [1.29, 1.82) is 0 Å². The second-order valence-electron chi connectivity index (χ2n) is 4.75. The van der Waals surface area contributed by atoms with Gasteiger partial charge in [-0.05, 0) is 18.6 Å². The van der Waals surface area contributed by atoms with Gasteiger partial charge in [-0.2, -0.15) is 0 Å². The molecule has 0 aliphatic carbocycles. The highest BCUT2D eigenvalue weighted by molar-refractivity contribution is 7.85. The Balaban J connectivity index is 2.16. The first-order valence-electron chi connectivity index (χ1n) is 6.68. The molecule has 1 aromatic carbocycles. The molecule has 20 heavy (non-hydrogen) atoms. The van der Waals surface area contributed by atoms with Crippen molar-refractivity contribution in [2.24, 2.45) is 0 Å². The number of nitro groups is 1. The van der Waals surface area contributed by atoms with E-state index in [0.717, 1.165) is 30.9 Å². The number of hydrogen-bond donors (Lipinski definition) is 1. The summed E-state index contributed by atoms with van der Waals surface area (Å²) in [6.45, 7) is 4.98. The average molecular weight is 297 g/mol. The first kappa shape index (κ1) is 14.9. The number of hydrogen-bond acceptors (Lipinski definition) is 5. The van der Waals surface area contributed by atoms with E-state index in [2.05, 4.69) is 10.2 Å². The Morgan fingerprint density at radius 3 is 2.70 bits per heavy atom. The van der Waals surface area contributed by atoms with Crippen LogP contribution in [0.1, 0.15) is 12.5 Å². The van der Waals surface area contributed by atoms with Crippen LogP contribution in [0.2, 0.25) is 0 Å². The molecule has 0 atom stereocenters. The molecular weight excluding hydrogens is 278 g/mol. The SMILES string of the molecule is CCNc1ccc([N+](=O)[O-])cc1CN1CCS(=O)CC1. The van der Waals surface area contributed by atoms with Crippen LogP contribution < -0.4 is 5.32 Å². The van der Waals surface area contributed by atoms with Crippen molar-refractivity contribution in [3.05, 3.63) is 33.9 Å². The first-order valence-corrected chi connectivity index (χ1v) is 8.17. The van der Waals surface area contributed by atoms with E-state index in [1.807, 2.05) is 6.92 Å². The van der Waals surface area contributed by atoms with Crippen LogP contribution in [0.4, 0.5) is 11.4 Å². The van der Waals surface area contributed by atoms with Crippen LogP contribution in [-0.2, 0) is 17.3 Å². The van der Waals surface area contributed by atoms with Crippen molar-refractivity contribution in [3.8, 4) is 0 Å². The quantitative estimate of drug-likeness (QED) is 0.660. The van der Waals surface area contributed by atoms with Crippen LogP contribution >= 0.6 is 0 Å². The van der Waals surface area contributed by atoms with E-state index in [4.69, 9.17) is 0 Å². The Hall–Kier alpha value is -1.47. The van der Waals surface area contributed by atoms with Crippen LogP contribution in [0.3, 0.4) is 0 Å². The van der Waals surface area contributed by atoms with Crippen LogP contribution in [0.25, 0.3) is 0 Å². The monoisotopic (exact) mass is 297 g/mol. The number of benzene rings is 1. The number of nitrogens with zero attached hydrogens (tertiary/aromatic N) is 2. The maximum absolute atomic E-state index is 11.4. The Morgan fingerprint density at radius 1 is 1.40 bits per heavy atom. The number of rotatable bonds is 5. The molecule has 1 heterocycles. The lowest BCUT2D eigenvalue weighted by Crippen LogP contribution is -2.37. The fourth-order valence-corrected chi connectivity index (χ4v) is 3.39. The summed E-state index contributed by atoms with van der Waals surface area (Å²) in [6.07, 6.45) is 0. The van der Waals surface area contributed by atoms with E-state index in [-0.39, 0.29) is 10.6 Å². The highest BCUT2D eigenvalue weighted by Gasteiger charge is 2.18. The van der Waals surface area contributed by atoms with Gasteiger partial charge < -0.3 is 5.32 Å². The Morgan fingerprint density at radius 2 is 2.10 bits per heavy atom. The van der Waals surface area contributed by atoms with Crippen molar-refractivity contribution in [3.63, 3.8) is 0 Å². The van der Waals surface area contributed by atoms with Crippen LogP contribution in [0.15, 0.2) is 18.2 Å². The third kappa shape index (κ3) is 3.77. The third-order valence-electron chi connectivity index (χ3n) is 3.33. The summed E-state index contributed by atoms with van der Waals surface area (Å²) in [5, 5.41) is 14.1. The smallest absolute Gasteiger partial charge is 0.269 e. The van der Waals surface area contributed by atoms with Gasteiger partial charge in [-0.3, -0.25) is 19.2 Å².